The topological polar surface area (TPSA) is 43.6 Å². The molecule has 0 bridgehead atoms. The second-order valence-corrected chi connectivity index (χ2v) is 14.3. The largest absolute Gasteiger partial charge is 0.308 e. The summed E-state index contributed by atoms with van der Waals surface area (Å²) in [6.07, 6.45) is 0. The maximum atomic E-state index is 9.99. The minimum absolute atomic E-state index is 0.0333. The number of thiophene rings is 1. The zero-order valence-electron chi connectivity index (χ0n) is 39.4. The highest BCUT2D eigenvalue weighted by Crippen LogP contribution is 2.43. The van der Waals surface area contributed by atoms with Crippen molar-refractivity contribution in [1.29, 1.82) is 0 Å². The molecular weight excluding hydrogens is 701 g/mol. The van der Waals surface area contributed by atoms with Crippen LogP contribution in [0.4, 0.5) is 0 Å². The van der Waals surface area contributed by atoms with Gasteiger partial charge in [-0.15, -0.1) is 11.3 Å². The second-order valence-electron chi connectivity index (χ2n) is 13.2. The molecule has 5 heteroatoms. The van der Waals surface area contributed by atoms with Crippen LogP contribution in [-0.4, -0.2) is 19.5 Å². The average Bonchev–Trinajstić information content (AvgIpc) is 3.92. The van der Waals surface area contributed by atoms with Gasteiger partial charge < -0.3 is 4.57 Å². The van der Waals surface area contributed by atoms with Crippen LogP contribution in [0.2, 0.25) is 0 Å². The summed E-state index contributed by atoms with van der Waals surface area (Å²) >= 11 is 1.66. The van der Waals surface area contributed by atoms with Gasteiger partial charge in [0.05, 0.1) is 30.4 Å². The van der Waals surface area contributed by atoms with Crippen LogP contribution in [-0.2, 0) is 0 Å². The molecule has 11 rings (SSSR count). The fraction of sp³-hybridized carbons (Fsp3) is 0. The van der Waals surface area contributed by atoms with E-state index in [1.54, 1.807) is 15.9 Å². The van der Waals surface area contributed by atoms with Crippen molar-refractivity contribution in [1.82, 2.24) is 19.5 Å². The zero-order chi connectivity index (χ0) is 45.7. The normalized spacial score (nSPS) is 14.1. The van der Waals surface area contributed by atoms with Crippen LogP contribution in [0.5, 0.6) is 0 Å². The first-order valence-corrected chi connectivity index (χ1v) is 18.8. The summed E-state index contributed by atoms with van der Waals surface area (Å²) in [6.45, 7) is 0. The SMILES string of the molecule is [2H]c1cc([2H])c2c(c1[2H])c1c([2H])cc(-c3c([2H])c([2H])c([2H])c([2H])c3[2H])c([2H])c1n2-c1cc(-c2cccc3c2sc2ccccc23)ccc1-c1nc(-c2ccccc2)nc(-c2ccccc2)n1. The van der Waals surface area contributed by atoms with Crippen LogP contribution < -0.4 is 0 Å². The van der Waals surface area contributed by atoms with Crippen LogP contribution in [0.3, 0.4) is 0 Å². The van der Waals surface area contributed by atoms with Crippen LogP contribution in [0.25, 0.3) is 104 Å². The number of nitrogens with zero attached hydrogens (tertiary/aromatic N) is 4. The lowest BCUT2D eigenvalue weighted by atomic mass is 9.99. The van der Waals surface area contributed by atoms with Gasteiger partial charge in [0.15, 0.2) is 17.5 Å². The minimum Gasteiger partial charge on any atom is -0.308 e. The third-order valence-corrected chi connectivity index (χ3v) is 11.1. The van der Waals surface area contributed by atoms with E-state index in [0.717, 1.165) is 42.4 Å². The lowest BCUT2D eigenvalue weighted by Gasteiger charge is -2.17. The molecule has 0 spiro atoms. The van der Waals surface area contributed by atoms with Gasteiger partial charge >= 0.3 is 0 Å². The van der Waals surface area contributed by atoms with Gasteiger partial charge in [0.2, 0.25) is 0 Å². The molecule has 0 N–H and O–H groups in total. The summed E-state index contributed by atoms with van der Waals surface area (Å²) in [5.41, 5.74) is 3.73. The highest BCUT2D eigenvalue weighted by molar-refractivity contribution is 7.26. The molecule has 0 fully saturated rings. The number of para-hydroxylation sites is 1. The molecule has 0 atom stereocenters. The molecule has 3 heterocycles. The van der Waals surface area contributed by atoms with E-state index < -0.39 is 30.2 Å². The Bertz CT molecular complexity index is 3750. The van der Waals surface area contributed by atoms with E-state index >= 15 is 0 Å². The molecule has 0 saturated heterocycles. The summed E-state index contributed by atoms with van der Waals surface area (Å²) in [7, 11) is 0. The maximum absolute atomic E-state index is 9.99. The Morgan fingerprint density at radius 3 is 1.91 bits per heavy atom. The molecule has 0 unspecified atom stereocenters. The smallest absolute Gasteiger partial charge is 0.166 e. The summed E-state index contributed by atoms with van der Waals surface area (Å²) in [4.78, 5) is 15.1. The third kappa shape index (κ3) is 5.40. The molecular formula is C51H32N4S. The summed E-state index contributed by atoms with van der Waals surface area (Å²) < 4.78 is 93.8. The Kier molecular flexibility index (Phi) is 5.58. The molecule has 56 heavy (non-hydrogen) atoms. The first-order valence-electron chi connectivity index (χ1n) is 23.0. The number of benzene rings is 8. The molecule has 0 amide bonds. The highest BCUT2D eigenvalue weighted by atomic mass is 32.1. The predicted octanol–water partition coefficient (Wildman–Crippen LogP) is 13.7. The molecule has 0 saturated carbocycles. The number of hydrogen-bond donors (Lipinski definition) is 0. The van der Waals surface area contributed by atoms with Crippen LogP contribution >= 0.6 is 11.3 Å². The van der Waals surface area contributed by atoms with Crippen molar-refractivity contribution in [2.75, 3.05) is 0 Å². The van der Waals surface area contributed by atoms with Crippen molar-refractivity contribution >= 4 is 53.3 Å². The molecule has 8 aromatic carbocycles. The summed E-state index contributed by atoms with van der Waals surface area (Å²) in [5.74, 6) is 1.02. The van der Waals surface area contributed by atoms with Crippen molar-refractivity contribution in [3.63, 3.8) is 0 Å². The van der Waals surface area contributed by atoms with Crippen LogP contribution in [0.1, 0.15) is 13.7 Å². The lowest BCUT2D eigenvalue weighted by Crippen LogP contribution is -2.04. The van der Waals surface area contributed by atoms with E-state index in [2.05, 4.69) is 18.2 Å². The van der Waals surface area contributed by atoms with Crippen molar-refractivity contribution in [2.45, 2.75) is 0 Å². The van der Waals surface area contributed by atoms with E-state index in [1.807, 2.05) is 103 Å². The molecule has 4 nitrogen and oxygen atoms in total. The minimum atomic E-state index is -0.598. The van der Waals surface area contributed by atoms with Crippen molar-refractivity contribution < 1.29 is 13.7 Å². The fourth-order valence-electron chi connectivity index (χ4n) is 7.35. The lowest BCUT2D eigenvalue weighted by molar-refractivity contribution is 1.06. The van der Waals surface area contributed by atoms with E-state index in [0.29, 0.717) is 22.9 Å². The van der Waals surface area contributed by atoms with E-state index in [1.165, 1.54) is 12.1 Å². The van der Waals surface area contributed by atoms with Gasteiger partial charge in [0.1, 0.15) is 0 Å². The predicted molar refractivity (Wildman–Crippen MR) is 234 cm³/mol. The Labute approximate surface area is 341 Å². The second kappa shape index (κ2) is 13.3. The van der Waals surface area contributed by atoms with Crippen LogP contribution in [0.15, 0.2) is 194 Å². The highest BCUT2D eigenvalue weighted by Gasteiger charge is 2.21. The van der Waals surface area contributed by atoms with Gasteiger partial charge in [-0.3, -0.25) is 0 Å². The Morgan fingerprint density at radius 2 is 1.12 bits per heavy atom. The molecule has 262 valence electrons. The molecule has 11 aromatic rings. The Hall–Kier alpha value is -7.21. The van der Waals surface area contributed by atoms with Gasteiger partial charge in [-0.1, -0.05) is 164 Å². The number of rotatable bonds is 6. The van der Waals surface area contributed by atoms with Gasteiger partial charge in [-0.25, -0.2) is 15.0 Å². The molecule has 0 radical (unpaired) electrons. The molecule has 0 aliphatic carbocycles. The molecule has 0 aliphatic rings. The average molecular weight is 743 g/mol. The molecule has 0 aliphatic heterocycles. The quantitative estimate of drug-likeness (QED) is 0.170. The first kappa shape index (κ1) is 23.5. The van der Waals surface area contributed by atoms with Crippen molar-refractivity contribution in [2.24, 2.45) is 0 Å². The number of aromatic nitrogens is 4. The van der Waals surface area contributed by atoms with Crippen LogP contribution in [0, 0.1) is 0 Å². The van der Waals surface area contributed by atoms with Crippen molar-refractivity contribution in [3.8, 4) is 62.1 Å². The number of hydrogen-bond acceptors (Lipinski definition) is 4. The molecule has 3 aromatic heterocycles. The van der Waals surface area contributed by atoms with Gasteiger partial charge in [-0.2, -0.15) is 0 Å². The van der Waals surface area contributed by atoms with Crippen molar-refractivity contribution in [3.05, 3.63) is 194 Å². The van der Waals surface area contributed by atoms with Gasteiger partial charge in [-0.05, 0) is 52.5 Å². The van der Waals surface area contributed by atoms with E-state index in [4.69, 9.17) is 23.2 Å². The fourth-order valence-corrected chi connectivity index (χ4v) is 8.59. The monoisotopic (exact) mass is 742 g/mol. The number of fused-ring (bicyclic) bond motifs is 6. The Morgan fingerprint density at radius 1 is 0.429 bits per heavy atom. The van der Waals surface area contributed by atoms with E-state index in [-0.39, 0.29) is 69.0 Å². The maximum Gasteiger partial charge on any atom is 0.166 e. The zero-order valence-corrected chi connectivity index (χ0v) is 30.2. The van der Waals surface area contributed by atoms with Gasteiger partial charge in [0.25, 0.3) is 0 Å². The Balaban J connectivity index is 1.31. The third-order valence-electron chi connectivity index (χ3n) is 9.93. The summed E-state index contributed by atoms with van der Waals surface area (Å²) in [6, 6.07) is 37.5. The van der Waals surface area contributed by atoms with E-state index in [9.17, 15) is 5.48 Å². The first-order chi connectivity index (χ1) is 31.9. The summed E-state index contributed by atoms with van der Waals surface area (Å²) in [5, 5.41) is 2.36. The standard InChI is InChI=1S/C51H32N4S/c1-4-15-33(16-5-1)36-27-29-40-39-21-10-12-25-44(39)55(45(40)31-36)46-32-37(38-23-14-24-42-41-22-11-13-26-47(41)56-48(38)42)28-30-43(46)51-53-49(34-17-6-2-7-18-34)52-50(54-51)35-19-8-3-9-20-35/h1-32H/i1D,4D,5D,10D,15D,16D,21D,25D,29D,31D. The van der Waals surface area contributed by atoms with Gasteiger partial charge in [0, 0.05) is 47.6 Å².